The van der Waals surface area contributed by atoms with Crippen LogP contribution >= 0.6 is 0 Å². The van der Waals surface area contributed by atoms with Gasteiger partial charge in [-0.3, -0.25) is 9.80 Å². The Morgan fingerprint density at radius 2 is 1.48 bits per heavy atom. The second-order valence-corrected chi connectivity index (χ2v) is 11.4. The minimum absolute atomic E-state index is 0.0750. The Hall–Kier alpha value is -3.07. The molecular weight excluding hydrogens is 595 g/mol. The molecule has 1 fully saturated rings. The molecule has 1 aromatic heterocycles. The summed E-state index contributed by atoms with van der Waals surface area (Å²) < 4.78 is 107. The van der Waals surface area contributed by atoms with E-state index in [1.807, 2.05) is 4.90 Å². The molecule has 3 aromatic rings. The van der Waals surface area contributed by atoms with Gasteiger partial charge in [-0.25, -0.2) is 4.39 Å². The molecule has 0 spiro atoms. The predicted octanol–water partition coefficient (Wildman–Crippen LogP) is 7.28. The van der Waals surface area contributed by atoms with E-state index < -0.39 is 47.7 Å². The molecule has 0 aliphatic carbocycles. The van der Waals surface area contributed by atoms with Gasteiger partial charge in [0.2, 0.25) is 0 Å². The van der Waals surface area contributed by atoms with Gasteiger partial charge in [-0.1, -0.05) is 12.1 Å². The second kappa shape index (κ2) is 13.5. The number of H-pyrrole nitrogens is 1. The van der Waals surface area contributed by atoms with Crippen LogP contribution in [0.5, 0.6) is 0 Å². The van der Waals surface area contributed by atoms with Crippen LogP contribution in [0.2, 0.25) is 0 Å². The van der Waals surface area contributed by atoms with Crippen LogP contribution < -0.4 is 0 Å². The lowest BCUT2D eigenvalue weighted by Gasteiger charge is -2.42. The average molecular weight is 632 g/mol. The van der Waals surface area contributed by atoms with Crippen LogP contribution in [0, 0.1) is 5.82 Å². The Bertz CT molecular complexity index is 1340. The van der Waals surface area contributed by atoms with Gasteiger partial charge >= 0.3 is 12.4 Å². The Morgan fingerprint density at radius 1 is 0.909 bits per heavy atom. The smallest absolute Gasteiger partial charge is 0.349 e. The lowest BCUT2D eigenvalue weighted by molar-refractivity contribution is -0.231. The quantitative estimate of drug-likeness (QED) is 0.238. The standard InChI is InChI=1S/C30H36F7N5O2/c1-17(2)42(18(3)4)16-26-25(38-40-39-26)15-41-10-11-43-28(27(41)20-6-8-24(31)9-7-20)44-19(5)21-12-22(29(32,33)34)14-23(13-21)30(35,36)37/h6-9,12-14,17-19,27-28H,10-11,15-16H2,1-5H3,(H,38,39,40)/t19-,27+,28-/m1/s1. The third-order valence-corrected chi connectivity index (χ3v) is 7.66. The molecule has 14 heteroatoms. The van der Waals surface area contributed by atoms with Crippen LogP contribution in [0.1, 0.15) is 80.4 Å². The monoisotopic (exact) mass is 631 g/mol. The minimum Gasteiger partial charge on any atom is -0.349 e. The fraction of sp³-hybridized carbons (Fsp3) is 0.533. The molecule has 2 aromatic carbocycles. The third-order valence-electron chi connectivity index (χ3n) is 7.66. The van der Waals surface area contributed by atoms with E-state index >= 15 is 0 Å². The topological polar surface area (TPSA) is 66.5 Å². The summed E-state index contributed by atoms with van der Waals surface area (Å²) in [6.45, 7) is 11.0. The van der Waals surface area contributed by atoms with Crippen LogP contribution in [0.15, 0.2) is 42.5 Å². The zero-order chi connectivity index (χ0) is 32.4. The number of hydrogen-bond acceptors (Lipinski definition) is 6. The molecule has 4 rings (SSSR count). The first-order valence-electron chi connectivity index (χ1n) is 14.2. The van der Waals surface area contributed by atoms with Crippen LogP contribution in [0.4, 0.5) is 30.7 Å². The maximum atomic E-state index is 13.9. The van der Waals surface area contributed by atoms with Crippen molar-refractivity contribution in [2.45, 2.75) is 90.6 Å². The van der Waals surface area contributed by atoms with Gasteiger partial charge in [0, 0.05) is 31.7 Å². The Balaban J connectivity index is 1.65. The molecule has 1 saturated heterocycles. The van der Waals surface area contributed by atoms with E-state index in [4.69, 9.17) is 9.47 Å². The number of nitrogens with one attached hydrogen (secondary N) is 1. The summed E-state index contributed by atoms with van der Waals surface area (Å²) in [5.41, 5.74) is -1.22. The van der Waals surface area contributed by atoms with Gasteiger partial charge in [0.05, 0.1) is 29.9 Å². The molecule has 1 aliphatic rings. The van der Waals surface area contributed by atoms with E-state index in [1.165, 1.54) is 31.2 Å². The van der Waals surface area contributed by atoms with Crippen LogP contribution in [-0.4, -0.2) is 56.7 Å². The molecule has 0 unspecified atom stereocenters. The highest BCUT2D eigenvalue weighted by Crippen LogP contribution is 2.40. The first-order valence-corrected chi connectivity index (χ1v) is 14.2. The van der Waals surface area contributed by atoms with Crippen molar-refractivity contribution in [3.63, 3.8) is 0 Å². The number of benzene rings is 2. The first-order chi connectivity index (χ1) is 20.5. The zero-order valence-corrected chi connectivity index (χ0v) is 25.0. The molecular formula is C30H36F7N5O2. The van der Waals surface area contributed by atoms with E-state index in [0.717, 1.165) is 5.69 Å². The van der Waals surface area contributed by atoms with Crippen LogP contribution in [-0.2, 0) is 34.9 Å². The number of nitrogens with zero attached hydrogens (tertiary/aromatic N) is 4. The number of hydrogen-bond donors (Lipinski definition) is 1. The maximum absolute atomic E-state index is 13.9. The normalized spacial score (nSPS) is 19.3. The predicted molar refractivity (Wildman–Crippen MR) is 147 cm³/mol. The largest absolute Gasteiger partial charge is 0.416 e. The SMILES string of the molecule is CC(C)N(Cc1n[nH]nc1CN1CCO[C@H](O[C@H](C)c2cc(C(F)(F)F)cc(C(F)(F)F)c2)[C@@H]1c1ccc(F)cc1)C(C)C. The van der Waals surface area contributed by atoms with Gasteiger partial charge in [0.15, 0.2) is 6.29 Å². The molecule has 0 bridgehead atoms. The van der Waals surface area contributed by atoms with Gasteiger partial charge < -0.3 is 9.47 Å². The summed E-state index contributed by atoms with van der Waals surface area (Å²) in [6.07, 6.45) is -12.3. The lowest BCUT2D eigenvalue weighted by Crippen LogP contribution is -2.46. The van der Waals surface area contributed by atoms with Gasteiger partial charge in [-0.15, -0.1) is 0 Å². The second-order valence-electron chi connectivity index (χ2n) is 11.4. The molecule has 1 aliphatic heterocycles. The molecule has 0 amide bonds. The number of rotatable bonds is 10. The summed E-state index contributed by atoms with van der Waals surface area (Å²) >= 11 is 0. The average Bonchev–Trinajstić information content (AvgIpc) is 3.37. The number of aromatic nitrogens is 3. The molecule has 7 nitrogen and oxygen atoms in total. The van der Waals surface area contributed by atoms with Crippen molar-refractivity contribution in [1.29, 1.82) is 0 Å². The molecule has 2 heterocycles. The number of ether oxygens (including phenoxy) is 2. The number of aromatic amines is 1. The van der Waals surface area contributed by atoms with E-state index in [2.05, 4.69) is 48.0 Å². The third kappa shape index (κ3) is 8.14. The number of alkyl halides is 6. The van der Waals surface area contributed by atoms with Gasteiger partial charge in [-0.05, 0) is 76.1 Å². The van der Waals surface area contributed by atoms with Crippen molar-refractivity contribution in [3.8, 4) is 0 Å². The van der Waals surface area contributed by atoms with Gasteiger partial charge in [0.25, 0.3) is 0 Å². The van der Waals surface area contributed by atoms with E-state index in [9.17, 15) is 30.7 Å². The molecule has 242 valence electrons. The summed E-state index contributed by atoms with van der Waals surface area (Å²) in [7, 11) is 0. The number of morpholine rings is 1. The van der Waals surface area contributed by atoms with Crippen molar-refractivity contribution >= 4 is 0 Å². The van der Waals surface area contributed by atoms with Crippen LogP contribution in [0.3, 0.4) is 0 Å². The Kier molecular flexibility index (Phi) is 10.4. The molecule has 0 saturated carbocycles. The zero-order valence-electron chi connectivity index (χ0n) is 25.0. The van der Waals surface area contributed by atoms with E-state index in [1.54, 1.807) is 0 Å². The lowest BCUT2D eigenvalue weighted by atomic mass is 10.0. The minimum atomic E-state index is -5.00. The summed E-state index contributed by atoms with van der Waals surface area (Å²) in [4.78, 5) is 4.22. The molecule has 3 atom stereocenters. The Labute approximate surface area is 251 Å². The molecule has 1 N–H and O–H groups in total. The van der Waals surface area contributed by atoms with Gasteiger partial charge in [-0.2, -0.15) is 41.8 Å². The highest BCUT2D eigenvalue weighted by Gasteiger charge is 2.40. The number of halogens is 7. The van der Waals surface area contributed by atoms with E-state index in [-0.39, 0.29) is 36.9 Å². The molecule has 0 radical (unpaired) electrons. The highest BCUT2D eigenvalue weighted by molar-refractivity contribution is 5.35. The summed E-state index contributed by atoms with van der Waals surface area (Å²) in [6, 6.07) is 6.74. The fourth-order valence-corrected chi connectivity index (χ4v) is 5.36. The van der Waals surface area contributed by atoms with Crippen molar-refractivity contribution in [1.82, 2.24) is 25.2 Å². The highest BCUT2D eigenvalue weighted by atomic mass is 19.4. The van der Waals surface area contributed by atoms with Gasteiger partial charge in [0.1, 0.15) is 17.2 Å². The molecule has 44 heavy (non-hydrogen) atoms. The summed E-state index contributed by atoms with van der Waals surface area (Å²) in [5, 5.41) is 11.4. The van der Waals surface area contributed by atoms with Crippen molar-refractivity contribution < 1.29 is 40.2 Å². The maximum Gasteiger partial charge on any atom is 0.416 e. The van der Waals surface area contributed by atoms with Crippen LogP contribution in [0.25, 0.3) is 0 Å². The van der Waals surface area contributed by atoms with E-state index in [0.29, 0.717) is 36.5 Å². The first kappa shape index (κ1) is 33.8. The Morgan fingerprint density at radius 3 is 2.02 bits per heavy atom. The van der Waals surface area contributed by atoms with Crippen molar-refractivity contribution in [2.75, 3.05) is 13.2 Å². The summed E-state index contributed by atoms with van der Waals surface area (Å²) in [5.74, 6) is -0.479. The fourth-order valence-electron chi connectivity index (χ4n) is 5.36. The van der Waals surface area contributed by atoms with Crippen molar-refractivity contribution in [2.24, 2.45) is 0 Å². The van der Waals surface area contributed by atoms with Crippen molar-refractivity contribution in [3.05, 3.63) is 81.9 Å².